The Morgan fingerprint density at radius 2 is 1.86 bits per heavy atom. The fraction of sp³-hybridized carbons (Fsp3) is 0.294. The van der Waals surface area contributed by atoms with E-state index in [1.54, 1.807) is 4.90 Å². The number of amidine groups is 1. The minimum atomic E-state index is -4.33. The average molecular weight is 428 g/mol. The lowest BCUT2D eigenvalue weighted by atomic mass is 10.1. The van der Waals surface area contributed by atoms with Gasteiger partial charge in [-0.05, 0) is 37.3 Å². The lowest BCUT2D eigenvalue weighted by Gasteiger charge is -2.29. The number of allylic oxidation sites excluding steroid dienone is 1. The van der Waals surface area contributed by atoms with Crippen molar-refractivity contribution in [2.24, 2.45) is 0 Å². The molecule has 1 aromatic rings. The number of aliphatic hydroxyl groups excluding tert-OH is 1. The Bertz CT molecular complexity index is 913. The number of nitrogens with zero attached hydrogens (tertiary/aromatic N) is 1. The van der Waals surface area contributed by atoms with Crippen molar-refractivity contribution in [3.05, 3.63) is 46.6 Å². The first kappa shape index (κ1) is 22.0. The molecule has 0 atom stereocenters. The van der Waals surface area contributed by atoms with Crippen LogP contribution in [0.4, 0.5) is 5.69 Å². The Kier molecular flexibility index (Phi) is 7.24. The first-order valence-electron chi connectivity index (χ1n) is 8.20. The van der Waals surface area contributed by atoms with E-state index in [1.165, 1.54) is 25.1 Å². The Morgan fingerprint density at radius 3 is 2.36 bits per heavy atom. The van der Waals surface area contributed by atoms with Gasteiger partial charge in [0, 0.05) is 23.7 Å². The highest BCUT2D eigenvalue weighted by Gasteiger charge is 2.18. The van der Waals surface area contributed by atoms with E-state index >= 15 is 0 Å². The van der Waals surface area contributed by atoms with Crippen LogP contribution in [0, 0.1) is 5.41 Å². The summed E-state index contributed by atoms with van der Waals surface area (Å²) >= 11 is 4.27. The van der Waals surface area contributed by atoms with Gasteiger partial charge in [-0.2, -0.15) is 8.42 Å². The van der Waals surface area contributed by atoms with Crippen LogP contribution in [0.3, 0.4) is 0 Å². The number of aliphatic hydroxyl groups is 1. The number of carbonyl (C=O) groups is 1. The molecule has 28 heavy (non-hydrogen) atoms. The largest absolute Gasteiger partial charge is 0.512 e. The molecule has 4 N–H and O–H groups in total. The van der Waals surface area contributed by atoms with Crippen molar-refractivity contribution in [2.75, 3.05) is 31.6 Å². The van der Waals surface area contributed by atoms with Gasteiger partial charge < -0.3 is 20.1 Å². The molecular weight excluding hydrogens is 406 g/mol. The summed E-state index contributed by atoms with van der Waals surface area (Å²) in [6.07, 6.45) is 1.29. The predicted octanol–water partition coefficient (Wildman–Crippen LogP) is 1.83. The summed E-state index contributed by atoms with van der Waals surface area (Å²) in [6, 6.07) is 4.86. The fourth-order valence-corrected chi connectivity index (χ4v) is 3.15. The highest BCUT2D eigenvalue weighted by Crippen LogP contribution is 2.18. The van der Waals surface area contributed by atoms with Crippen LogP contribution in [-0.4, -0.2) is 61.0 Å². The van der Waals surface area contributed by atoms with Gasteiger partial charge in [-0.3, -0.25) is 14.8 Å². The van der Waals surface area contributed by atoms with E-state index in [0.29, 0.717) is 26.3 Å². The number of rotatable bonds is 5. The zero-order valence-electron chi connectivity index (χ0n) is 15.0. The molecule has 2 rings (SSSR count). The van der Waals surface area contributed by atoms with Gasteiger partial charge in [0.1, 0.15) is 11.6 Å². The van der Waals surface area contributed by atoms with Gasteiger partial charge in [0.05, 0.1) is 23.7 Å². The second kappa shape index (κ2) is 9.24. The monoisotopic (exact) mass is 427 g/mol. The number of anilines is 1. The van der Waals surface area contributed by atoms with E-state index in [2.05, 4.69) is 17.9 Å². The van der Waals surface area contributed by atoms with Gasteiger partial charge in [-0.25, -0.2) is 0 Å². The topological polar surface area (TPSA) is 140 Å². The van der Waals surface area contributed by atoms with Crippen molar-refractivity contribution in [3.63, 3.8) is 0 Å². The number of hydrogen-bond acceptors (Lipinski definition) is 7. The number of thiol groups is 1. The molecular formula is C17H21N3O6S2. The van der Waals surface area contributed by atoms with Crippen molar-refractivity contribution in [1.29, 1.82) is 5.41 Å². The minimum Gasteiger partial charge on any atom is -0.512 e. The molecule has 0 aromatic heterocycles. The van der Waals surface area contributed by atoms with E-state index in [-0.39, 0.29) is 32.7 Å². The van der Waals surface area contributed by atoms with Crippen LogP contribution in [-0.2, 0) is 19.6 Å². The molecule has 1 aromatic carbocycles. The second-order valence-electron chi connectivity index (χ2n) is 5.93. The summed E-state index contributed by atoms with van der Waals surface area (Å²) in [7, 11) is -4.33. The molecule has 0 saturated carbocycles. The first-order chi connectivity index (χ1) is 13.1. The third-order valence-electron chi connectivity index (χ3n) is 3.90. The van der Waals surface area contributed by atoms with Gasteiger partial charge >= 0.3 is 0 Å². The molecule has 1 aliphatic rings. The standard InChI is InChI=1S/C17H21N3O6S2/c1-11(21)14(10-15(27)16(18)20-6-8-26-9-7-20)17(22)19-12-2-4-13(5-3-12)28(23,24)25/h2-5,10,18,21,27H,6-9H2,1H3,(H,19,22)(H,23,24,25). The van der Waals surface area contributed by atoms with Crippen molar-refractivity contribution < 1.29 is 27.6 Å². The van der Waals surface area contributed by atoms with Crippen LogP contribution in [0.2, 0.25) is 0 Å². The molecule has 0 unspecified atom stereocenters. The number of nitrogens with one attached hydrogen (secondary N) is 2. The van der Waals surface area contributed by atoms with E-state index in [0.717, 1.165) is 12.1 Å². The normalized spacial score (nSPS) is 16.4. The zero-order valence-corrected chi connectivity index (χ0v) is 16.8. The number of benzene rings is 1. The minimum absolute atomic E-state index is 0.0955. The summed E-state index contributed by atoms with van der Waals surface area (Å²) in [4.78, 5) is 14.1. The molecule has 152 valence electrons. The zero-order chi connectivity index (χ0) is 20.9. The molecule has 1 fully saturated rings. The number of ether oxygens (including phenoxy) is 1. The maximum atomic E-state index is 12.5. The average Bonchev–Trinajstić information content (AvgIpc) is 2.65. The Morgan fingerprint density at radius 1 is 1.29 bits per heavy atom. The summed E-state index contributed by atoms with van der Waals surface area (Å²) in [6.45, 7) is 3.36. The molecule has 0 radical (unpaired) electrons. The molecule has 1 heterocycles. The summed E-state index contributed by atoms with van der Waals surface area (Å²) in [5, 5.41) is 20.6. The highest BCUT2D eigenvalue weighted by molar-refractivity contribution is 7.86. The molecule has 1 aliphatic heterocycles. The number of amides is 1. The molecule has 1 saturated heterocycles. The molecule has 1 amide bonds. The lowest BCUT2D eigenvalue weighted by Crippen LogP contribution is -2.40. The maximum absolute atomic E-state index is 12.5. The Labute approximate surface area is 168 Å². The van der Waals surface area contributed by atoms with Crippen molar-refractivity contribution in [2.45, 2.75) is 11.8 Å². The maximum Gasteiger partial charge on any atom is 0.294 e. The van der Waals surface area contributed by atoms with Crippen LogP contribution < -0.4 is 5.32 Å². The summed E-state index contributed by atoms with van der Waals surface area (Å²) < 4.78 is 36.3. The van der Waals surface area contributed by atoms with Crippen LogP contribution in [0.1, 0.15) is 6.92 Å². The smallest absolute Gasteiger partial charge is 0.294 e. The molecule has 9 nitrogen and oxygen atoms in total. The van der Waals surface area contributed by atoms with Crippen molar-refractivity contribution >= 4 is 40.2 Å². The van der Waals surface area contributed by atoms with Gasteiger partial charge in [-0.15, -0.1) is 12.6 Å². The Balaban J connectivity index is 2.16. The van der Waals surface area contributed by atoms with Crippen LogP contribution in [0.5, 0.6) is 0 Å². The summed E-state index contributed by atoms with van der Waals surface area (Å²) in [5.74, 6) is -0.829. The fourth-order valence-electron chi connectivity index (χ4n) is 2.40. The quantitative estimate of drug-likeness (QED) is 0.0918. The molecule has 0 bridgehead atoms. The number of hydrogen-bond donors (Lipinski definition) is 5. The van der Waals surface area contributed by atoms with Gasteiger partial charge in [-0.1, -0.05) is 0 Å². The molecule has 0 spiro atoms. The van der Waals surface area contributed by atoms with Crippen molar-refractivity contribution in [3.8, 4) is 0 Å². The third-order valence-corrected chi connectivity index (χ3v) is 5.10. The van der Waals surface area contributed by atoms with E-state index < -0.39 is 16.0 Å². The van der Waals surface area contributed by atoms with E-state index in [4.69, 9.17) is 14.7 Å². The van der Waals surface area contributed by atoms with E-state index in [9.17, 15) is 18.3 Å². The number of carbonyl (C=O) groups excluding carboxylic acids is 1. The second-order valence-corrected chi connectivity index (χ2v) is 7.83. The van der Waals surface area contributed by atoms with Crippen molar-refractivity contribution in [1.82, 2.24) is 4.90 Å². The lowest BCUT2D eigenvalue weighted by molar-refractivity contribution is -0.112. The summed E-state index contributed by atoms with van der Waals surface area (Å²) in [5.41, 5.74) is 0.162. The number of morpholine rings is 1. The molecule has 0 aliphatic carbocycles. The Hall–Kier alpha value is -2.34. The molecule has 11 heteroatoms. The first-order valence-corrected chi connectivity index (χ1v) is 10.1. The van der Waals surface area contributed by atoms with Crippen LogP contribution in [0.25, 0.3) is 0 Å². The SMILES string of the molecule is CC(O)=C(C=C(S)C(=N)N1CCOCC1)C(=O)Nc1ccc(S(=O)(=O)O)cc1. The highest BCUT2D eigenvalue weighted by atomic mass is 32.2. The van der Waals surface area contributed by atoms with Crippen LogP contribution >= 0.6 is 12.6 Å². The van der Waals surface area contributed by atoms with Gasteiger partial charge in [0.25, 0.3) is 16.0 Å². The van der Waals surface area contributed by atoms with E-state index in [1.807, 2.05) is 0 Å². The van der Waals surface area contributed by atoms with Gasteiger partial charge in [0.2, 0.25) is 0 Å². The van der Waals surface area contributed by atoms with Crippen LogP contribution in [0.15, 0.2) is 51.5 Å². The van der Waals surface area contributed by atoms with Gasteiger partial charge in [0.15, 0.2) is 0 Å². The third kappa shape index (κ3) is 5.83. The predicted molar refractivity (Wildman–Crippen MR) is 107 cm³/mol.